The highest BCUT2D eigenvalue weighted by atomic mass is 19.1. The summed E-state index contributed by atoms with van der Waals surface area (Å²) in [5, 5.41) is 11.1. The second-order valence-corrected chi connectivity index (χ2v) is 5.40. The number of likely N-dealkylation sites (N-methyl/N-ethyl adjacent to an activating group) is 1. The number of aliphatic carboxylic acids is 1. The van der Waals surface area contributed by atoms with Crippen molar-refractivity contribution in [1.82, 2.24) is 4.90 Å². The van der Waals surface area contributed by atoms with Crippen LogP contribution >= 0.6 is 0 Å². The quantitative estimate of drug-likeness (QED) is 0.841. The molecule has 0 spiro atoms. The van der Waals surface area contributed by atoms with E-state index in [9.17, 15) is 18.8 Å². The molecule has 0 aromatic heterocycles. The molecule has 0 bridgehead atoms. The predicted octanol–water partition coefficient (Wildman–Crippen LogP) is 1.97. The average Bonchev–Trinajstić information content (AvgIpc) is 2.38. The van der Waals surface area contributed by atoms with E-state index in [1.165, 1.54) is 19.2 Å². The molecule has 0 heterocycles. The molecule has 6 nitrogen and oxygen atoms in total. The molecule has 0 aliphatic rings. The summed E-state index contributed by atoms with van der Waals surface area (Å²) < 4.78 is 13.9. The SMILES string of the molecule is CC(C)CC(=O)Nc1ccc(C(=O)N(C)CC(=O)O)cc1F. The van der Waals surface area contributed by atoms with E-state index in [0.29, 0.717) is 0 Å². The number of nitrogens with one attached hydrogen (secondary N) is 1. The van der Waals surface area contributed by atoms with Gasteiger partial charge in [-0.3, -0.25) is 14.4 Å². The van der Waals surface area contributed by atoms with Crippen molar-refractivity contribution in [2.75, 3.05) is 18.9 Å². The predicted molar refractivity (Wildman–Crippen MR) is 79.1 cm³/mol. The molecule has 0 atom stereocenters. The van der Waals surface area contributed by atoms with Gasteiger partial charge in [-0.2, -0.15) is 0 Å². The van der Waals surface area contributed by atoms with Crippen LogP contribution in [0.3, 0.4) is 0 Å². The van der Waals surface area contributed by atoms with Crippen LogP contribution in [-0.2, 0) is 9.59 Å². The minimum absolute atomic E-state index is 0.0110. The molecule has 0 unspecified atom stereocenters. The third-order valence-corrected chi connectivity index (χ3v) is 2.80. The van der Waals surface area contributed by atoms with Gasteiger partial charge in [-0.25, -0.2) is 4.39 Å². The highest BCUT2D eigenvalue weighted by Crippen LogP contribution is 2.17. The summed E-state index contributed by atoms with van der Waals surface area (Å²) in [6, 6.07) is 3.61. The van der Waals surface area contributed by atoms with Crippen LogP contribution in [-0.4, -0.2) is 41.4 Å². The van der Waals surface area contributed by atoms with Gasteiger partial charge in [0.05, 0.1) is 5.69 Å². The van der Waals surface area contributed by atoms with Crippen molar-refractivity contribution in [3.8, 4) is 0 Å². The Hall–Kier alpha value is -2.44. The van der Waals surface area contributed by atoms with Crippen molar-refractivity contribution in [2.24, 2.45) is 5.92 Å². The Labute approximate surface area is 127 Å². The van der Waals surface area contributed by atoms with Crippen molar-refractivity contribution >= 4 is 23.5 Å². The average molecular weight is 310 g/mol. The molecule has 1 aromatic rings. The number of benzene rings is 1. The lowest BCUT2D eigenvalue weighted by atomic mass is 10.1. The summed E-state index contributed by atoms with van der Waals surface area (Å²) in [5.74, 6) is -2.67. The zero-order chi connectivity index (χ0) is 16.9. The zero-order valence-corrected chi connectivity index (χ0v) is 12.7. The molecule has 0 aliphatic heterocycles. The Morgan fingerprint density at radius 2 is 1.95 bits per heavy atom. The molecule has 22 heavy (non-hydrogen) atoms. The third-order valence-electron chi connectivity index (χ3n) is 2.80. The molecule has 2 amide bonds. The number of halogens is 1. The standard InChI is InChI=1S/C15H19FN2O4/c1-9(2)6-13(19)17-12-5-4-10(7-11(12)16)15(22)18(3)8-14(20)21/h4-5,7,9H,6,8H2,1-3H3,(H,17,19)(H,20,21). The van der Waals surface area contributed by atoms with E-state index in [-0.39, 0.29) is 29.5 Å². The Bertz CT molecular complexity index is 587. The summed E-state index contributed by atoms with van der Waals surface area (Å²) >= 11 is 0. The van der Waals surface area contributed by atoms with Gasteiger partial charge in [0.2, 0.25) is 5.91 Å². The van der Waals surface area contributed by atoms with E-state index < -0.39 is 24.2 Å². The summed E-state index contributed by atoms with van der Waals surface area (Å²) in [6.45, 7) is 3.26. The first-order chi connectivity index (χ1) is 10.2. The maximum absolute atomic E-state index is 13.9. The molecule has 120 valence electrons. The molecule has 0 saturated carbocycles. The second kappa shape index (κ2) is 7.53. The highest BCUT2D eigenvalue weighted by molar-refractivity contribution is 5.97. The first-order valence-corrected chi connectivity index (χ1v) is 6.77. The van der Waals surface area contributed by atoms with E-state index in [1.54, 1.807) is 0 Å². The number of hydrogen-bond donors (Lipinski definition) is 2. The Morgan fingerprint density at radius 1 is 1.32 bits per heavy atom. The van der Waals surface area contributed by atoms with E-state index in [1.807, 2.05) is 13.8 Å². The number of anilines is 1. The van der Waals surface area contributed by atoms with Gasteiger partial charge in [-0.15, -0.1) is 0 Å². The van der Waals surface area contributed by atoms with Gasteiger partial charge < -0.3 is 15.3 Å². The normalized spacial score (nSPS) is 10.4. The van der Waals surface area contributed by atoms with E-state index in [2.05, 4.69) is 5.32 Å². The second-order valence-electron chi connectivity index (χ2n) is 5.40. The molecule has 0 radical (unpaired) electrons. The lowest BCUT2D eigenvalue weighted by Crippen LogP contribution is -2.32. The fourth-order valence-corrected chi connectivity index (χ4v) is 1.82. The van der Waals surface area contributed by atoms with Crippen LogP contribution in [0.15, 0.2) is 18.2 Å². The van der Waals surface area contributed by atoms with Crippen LogP contribution in [0.4, 0.5) is 10.1 Å². The maximum Gasteiger partial charge on any atom is 0.323 e. The van der Waals surface area contributed by atoms with Crippen molar-refractivity contribution < 1.29 is 23.9 Å². The monoisotopic (exact) mass is 310 g/mol. The number of rotatable bonds is 6. The number of amides is 2. The molecular weight excluding hydrogens is 291 g/mol. The van der Waals surface area contributed by atoms with Gasteiger partial charge in [0.15, 0.2) is 0 Å². The molecule has 0 fully saturated rings. The largest absolute Gasteiger partial charge is 0.480 e. The first kappa shape index (κ1) is 17.6. The number of hydrogen-bond acceptors (Lipinski definition) is 3. The van der Waals surface area contributed by atoms with Crippen molar-refractivity contribution in [3.05, 3.63) is 29.6 Å². The summed E-state index contributed by atoms with van der Waals surface area (Å²) in [7, 11) is 1.31. The minimum Gasteiger partial charge on any atom is -0.480 e. The van der Waals surface area contributed by atoms with Crippen molar-refractivity contribution in [1.29, 1.82) is 0 Å². The number of carbonyl (C=O) groups excluding carboxylic acids is 2. The fraction of sp³-hybridized carbons (Fsp3) is 0.400. The number of nitrogens with zero attached hydrogens (tertiary/aromatic N) is 1. The molecule has 0 saturated heterocycles. The van der Waals surface area contributed by atoms with E-state index in [4.69, 9.17) is 5.11 Å². The van der Waals surface area contributed by atoms with Crippen LogP contribution in [0.25, 0.3) is 0 Å². The van der Waals surface area contributed by atoms with Gasteiger partial charge in [-0.05, 0) is 24.1 Å². The van der Waals surface area contributed by atoms with E-state index in [0.717, 1.165) is 11.0 Å². The molecule has 2 N–H and O–H groups in total. The molecule has 7 heteroatoms. The molecule has 1 rings (SSSR count). The summed E-state index contributed by atoms with van der Waals surface area (Å²) in [4.78, 5) is 35.1. The number of carbonyl (C=O) groups is 3. The number of carboxylic acids is 1. The van der Waals surface area contributed by atoms with Crippen LogP contribution in [0.5, 0.6) is 0 Å². The van der Waals surface area contributed by atoms with Crippen LogP contribution in [0, 0.1) is 11.7 Å². The first-order valence-electron chi connectivity index (χ1n) is 6.77. The van der Waals surface area contributed by atoms with Gasteiger partial charge in [0.1, 0.15) is 12.4 Å². The van der Waals surface area contributed by atoms with Crippen LogP contribution in [0.2, 0.25) is 0 Å². The molecule has 0 aliphatic carbocycles. The van der Waals surface area contributed by atoms with Gasteiger partial charge >= 0.3 is 5.97 Å². The Balaban J connectivity index is 2.83. The van der Waals surface area contributed by atoms with Crippen LogP contribution < -0.4 is 5.32 Å². The maximum atomic E-state index is 13.9. The summed E-state index contributed by atoms with van der Waals surface area (Å²) in [6.07, 6.45) is 0.265. The number of carboxylic acid groups (broad SMARTS) is 1. The van der Waals surface area contributed by atoms with Crippen molar-refractivity contribution in [2.45, 2.75) is 20.3 Å². The third kappa shape index (κ3) is 5.16. The fourth-order valence-electron chi connectivity index (χ4n) is 1.82. The highest BCUT2D eigenvalue weighted by Gasteiger charge is 2.17. The van der Waals surface area contributed by atoms with Gasteiger partial charge in [0.25, 0.3) is 5.91 Å². The zero-order valence-electron chi connectivity index (χ0n) is 12.7. The summed E-state index contributed by atoms with van der Waals surface area (Å²) in [5.41, 5.74) is 0.00574. The van der Waals surface area contributed by atoms with Gasteiger partial charge in [0, 0.05) is 19.0 Å². The Morgan fingerprint density at radius 3 is 2.45 bits per heavy atom. The van der Waals surface area contributed by atoms with Gasteiger partial charge in [-0.1, -0.05) is 13.8 Å². The molecule has 1 aromatic carbocycles. The van der Waals surface area contributed by atoms with Crippen molar-refractivity contribution in [3.63, 3.8) is 0 Å². The smallest absolute Gasteiger partial charge is 0.323 e. The molecular formula is C15H19FN2O4. The van der Waals surface area contributed by atoms with E-state index >= 15 is 0 Å². The topological polar surface area (TPSA) is 86.7 Å². The van der Waals surface area contributed by atoms with Crippen LogP contribution in [0.1, 0.15) is 30.6 Å². The Kier molecular flexibility index (Phi) is 6.03. The lowest BCUT2D eigenvalue weighted by molar-refractivity contribution is -0.137. The minimum atomic E-state index is -1.16. The lowest BCUT2D eigenvalue weighted by Gasteiger charge is -2.15.